The molecule has 1 unspecified atom stereocenters. The summed E-state index contributed by atoms with van der Waals surface area (Å²) in [5.41, 5.74) is 0.287. The Labute approximate surface area is 71.3 Å². The fourth-order valence-electron chi connectivity index (χ4n) is 0.742. The molecule has 0 aliphatic heterocycles. The first kappa shape index (κ1) is 10.4. The SMILES string of the molecule is CC(O)(F)c1ccccc1.Cl. The quantitative estimate of drug-likeness (QED) is 0.696. The first-order valence-electron chi connectivity index (χ1n) is 3.07. The second kappa shape index (κ2) is 3.69. The molecule has 3 heteroatoms. The number of hydrogen-bond donors (Lipinski definition) is 1. The van der Waals surface area contributed by atoms with Crippen LogP contribution in [0.2, 0.25) is 0 Å². The summed E-state index contributed by atoms with van der Waals surface area (Å²) in [5, 5.41) is 8.82. The van der Waals surface area contributed by atoms with Gasteiger partial charge in [0.2, 0.25) is 5.85 Å². The molecular formula is C8H10ClFO. The Balaban J connectivity index is 0.000001000. The van der Waals surface area contributed by atoms with Gasteiger partial charge in [-0.3, -0.25) is 0 Å². The van der Waals surface area contributed by atoms with E-state index in [4.69, 9.17) is 5.11 Å². The molecule has 0 fully saturated rings. The predicted octanol–water partition coefficient (Wildman–Crippen LogP) is 2.24. The molecule has 1 nitrogen and oxygen atoms in total. The summed E-state index contributed by atoms with van der Waals surface area (Å²) in [7, 11) is 0. The zero-order valence-electron chi connectivity index (χ0n) is 6.12. The zero-order valence-corrected chi connectivity index (χ0v) is 6.94. The Morgan fingerprint density at radius 1 is 1.27 bits per heavy atom. The summed E-state index contributed by atoms with van der Waals surface area (Å²) in [6.45, 7) is 1.11. The molecule has 0 aliphatic rings. The molecule has 1 atom stereocenters. The third-order valence-electron chi connectivity index (χ3n) is 1.30. The number of aliphatic hydroxyl groups is 1. The molecule has 0 radical (unpaired) electrons. The lowest BCUT2D eigenvalue weighted by molar-refractivity contribution is -0.0768. The molecule has 0 aliphatic carbocycles. The number of benzene rings is 1. The van der Waals surface area contributed by atoms with Crippen LogP contribution in [0.15, 0.2) is 30.3 Å². The second-order valence-electron chi connectivity index (χ2n) is 2.32. The van der Waals surface area contributed by atoms with E-state index in [0.29, 0.717) is 0 Å². The van der Waals surface area contributed by atoms with Gasteiger partial charge in [-0.15, -0.1) is 12.4 Å². The summed E-state index contributed by atoms with van der Waals surface area (Å²) in [5.74, 6) is -2.21. The van der Waals surface area contributed by atoms with Gasteiger partial charge in [-0.25, -0.2) is 4.39 Å². The Bertz CT molecular complexity index is 205. The van der Waals surface area contributed by atoms with Crippen molar-refractivity contribution in [3.8, 4) is 0 Å². The summed E-state index contributed by atoms with van der Waals surface area (Å²) < 4.78 is 12.7. The Morgan fingerprint density at radius 2 is 1.73 bits per heavy atom. The second-order valence-corrected chi connectivity index (χ2v) is 2.32. The van der Waals surface area contributed by atoms with Crippen molar-refractivity contribution in [2.45, 2.75) is 12.8 Å². The van der Waals surface area contributed by atoms with Gasteiger partial charge in [-0.2, -0.15) is 0 Å². The van der Waals surface area contributed by atoms with Crippen molar-refractivity contribution in [3.05, 3.63) is 35.9 Å². The first-order chi connectivity index (χ1) is 4.61. The lowest BCUT2D eigenvalue weighted by atomic mass is 10.1. The highest BCUT2D eigenvalue weighted by atomic mass is 35.5. The predicted molar refractivity (Wildman–Crippen MR) is 44.4 cm³/mol. The molecule has 0 saturated heterocycles. The van der Waals surface area contributed by atoms with Crippen molar-refractivity contribution in [3.63, 3.8) is 0 Å². The molecule has 0 amide bonds. The molecule has 0 bridgehead atoms. The molecule has 0 heterocycles. The topological polar surface area (TPSA) is 20.2 Å². The van der Waals surface area contributed by atoms with E-state index in [9.17, 15) is 4.39 Å². The van der Waals surface area contributed by atoms with E-state index >= 15 is 0 Å². The number of halogens is 2. The summed E-state index contributed by atoms with van der Waals surface area (Å²) in [4.78, 5) is 0. The van der Waals surface area contributed by atoms with Crippen LogP contribution in [0.5, 0.6) is 0 Å². The van der Waals surface area contributed by atoms with E-state index in [1.54, 1.807) is 30.3 Å². The van der Waals surface area contributed by atoms with Crippen LogP contribution in [0.3, 0.4) is 0 Å². The van der Waals surface area contributed by atoms with Crippen LogP contribution in [-0.4, -0.2) is 5.11 Å². The maximum Gasteiger partial charge on any atom is 0.230 e. The lowest BCUT2D eigenvalue weighted by Gasteiger charge is -2.11. The number of hydrogen-bond acceptors (Lipinski definition) is 1. The van der Waals surface area contributed by atoms with E-state index < -0.39 is 5.85 Å². The van der Waals surface area contributed by atoms with Crippen molar-refractivity contribution in [1.82, 2.24) is 0 Å². The zero-order chi connectivity index (χ0) is 7.61. The van der Waals surface area contributed by atoms with Gasteiger partial charge in [0.1, 0.15) is 0 Å². The van der Waals surface area contributed by atoms with Gasteiger partial charge in [0.15, 0.2) is 0 Å². The third kappa shape index (κ3) is 2.87. The molecule has 1 aromatic rings. The van der Waals surface area contributed by atoms with Crippen LogP contribution in [0.4, 0.5) is 4.39 Å². The average molecular weight is 177 g/mol. The minimum atomic E-state index is -2.21. The smallest absolute Gasteiger partial charge is 0.230 e. The monoisotopic (exact) mass is 176 g/mol. The fourth-order valence-corrected chi connectivity index (χ4v) is 0.742. The summed E-state index contributed by atoms with van der Waals surface area (Å²) in [6.07, 6.45) is 0. The lowest BCUT2D eigenvalue weighted by Crippen LogP contribution is -2.12. The van der Waals surface area contributed by atoms with Gasteiger partial charge in [0, 0.05) is 5.56 Å². The molecule has 1 aromatic carbocycles. The van der Waals surface area contributed by atoms with Gasteiger partial charge in [0.05, 0.1) is 0 Å². The van der Waals surface area contributed by atoms with E-state index in [1.165, 1.54) is 0 Å². The highest BCUT2D eigenvalue weighted by molar-refractivity contribution is 5.85. The third-order valence-corrected chi connectivity index (χ3v) is 1.30. The van der Waals surface area contributed by atoms with Crippen molar-refractivity contribution in [1.29, 1.82) is 0 Å². The van der Waals surface area contributed by atoms with Gasteiger partial charge in [-0.1, -0.05) is 30.3 Å². The molecule has 11 heavy (non-hydrogen) atoms. The first-order valence-corrected chi connectivity index (χ1v) is 3.07. The molecule has 0 spiro atoms. The summed E-state index contributed by atoms with van der Waals surface area (Å²) >= 11 is 0. The normalized spacial score (nSPS) is 14.8. The molecule has 62 valence electrons. The number of alkyl halides is 1. The van der Waals surface area contributed by atoms with Gasteiger partial charge >= 0.3 is 0 Å². The van der Waals surface area contributed by atoms with Crippen molar-refractivity contribution in [2.24, 2.45) is 0 Å². The van der Waals surface area contributed by atoms with Gasteiger partial charge in [-0.05, 0) is 6.92 Å². The van der Waals surface area contributed by atoms with E-state index in [0.717, 1.165) is 6.92 Å². The van der Waals surface area contributed by atoms with E-state index in [2.05, 4.69) is 0 Å². The maximum absolute atomic E-state index is 12.7. The highest BCUT2D eigenvalue weighted by Crippen LogP contribution is 2.20. The van der Waals surface area contributed by atoms with Gasteiger partial charge < -0.3 is 5.11 Å². The van der Waals surface area contributed by atoms with E-state index in [1.807, 2.05) is 0 Å². The van der Waals surface area contributed by atoms with Crippen LogP contribution >= 0.6 is 12.4 Å². The molecule has 0 saturated carbocycles. The maximum atomic E-state index is 12.7. The fraction of sp³-hybridized carbons (Fsp3) is 0.250. The largest absolute Gasteiger partial charge is 0.358 e. The Hall–Kier alpha value is -0.600. The number of rotatable bonds is 1. The Kier molecular flexibility index (Phi) is 3.49. The van der Waals surface area contributed by atoms with Crippen LogP contribution in [0.25, 0.3) is 0 Å². The van der Waals surface area contributed by atoms with Crippen LogP contribution in [0.1, 0.15) is 12.5 Å². The Morgan fingerprint density at radius 3 is 2.00 bits per heavy atom. The van der Waals surface area contributed by atoms with Crippen molar-refractivity contribution < 1.29 is 9.50 Å². The van der Waals surface area contributed by atoms with Crippen molar-refractivity contribution in [2.75, 3.05) is 0 Å². The highest BCUT2D eigenvalue weighted by Gasteiger charge is 2.19. The van der Waals surface area contributed by atoms with Crippen LogP contribution in [0, 0.1) is 0 Å². The van der Waals surface area contributed by atoms with Crippen LogP contribution < -0.4 is 0 Å². The standard InChI is InChI=1S/C8H9FO.ClH/c1-8(9,10)7-5-3-2-4-6-7;/h2-6,10H,1H3;1H. The molecule has 1 rings (SSSR count). The average Bonchev–Trinajstić information content (AvgIpc) is 1.88. The van der Waals surface area contributed by atoms with Crippen LogP contribution in [-0.2, 0) is 5.85 Å². The van der Waals surface area contributed by atoms with Gasteiger partial charge in [0.25, 0.3) is 0 Å². The van der Waals surface area contributed by atoms with E-state index in [-0.39, 0.29) is 18.0 Å². The minimum Gasteiger partial charge on any atom is -0.358 e. The summed E-state index contributed by atoms with van der Waals surface area (Å²) in [6, 6.07) is 8.22. The minimum absolute atomic E-state index is 0. The molecular weight excluding hydrogens is 167 g/mol. The van der Waals surface area contributed by atoms with Crippen molar-refractivity contribution >= 4 is 12.4 Å². The molecule has 0 aromatic heterocycles. The molecule has 1 N–H and O–H groups in total.